The van der Waals surface area contributed by atoms with Crippen LogP contribution in [0.4, 0.5) is 0 Å². The first-order chi connectivity index (χ1) is 15.1. The van der Waals surface area contributed by atoms with Crippen molar-refractivity contribution >= 4 is 17.7 Å². The third kappa shape index (κ3) is 4.00. The molecule has 8 heteroatoms. The van der Waals surface area contributed by atoms with Gasteiger partial charge in [0.2, 0.25) is 11.8 Å². The van der Waals surface area contributed by atoms with Crippen molar-refractivity contribution in [3.8, 4) is 0 Å². The van der Waals surface area contributed by atoms with Crippen LogP contribution in [0.5, 0.6) is 0 Å². The molecule has 0 radical (unpaired) electrons. The molecule has 3 unspecified atom stereocenters. The Labute approximate surface area is 182 Å². The summed E-state index contributed by atoms with van der Waals surface area (Å²) in [4.78, 5) is 41.1. The predicted octanol–water partition coefficient (Wildman–Crippen LogP) is 0.791. The first kappa shape index (κ1) is 20.6. The number of amides is 3. The minimum absolute atomic E-state index is 0.112. The van der Waals surface area contributed by atoms with E-state index in [1.807, 2.05) is 12.1 Å². The Kier molecular flexibility index (Phi) is 5.77. The SMILES string of the molecule is O=C1CCC(N2Cc3c(CN4CCOCC4C4CCCCN4)cccc3C2=O)C(=O)N1. The molecule has 0 aliphatic carbocycles. The molecule has 166 valence electrons. The van der Waals surface area contributed by atoms with Crippen LogP contribution in [0.3, 0.4) is 0 Å². The van der Waals surface area contributed by atoms with Gasteiger partial charge in [0.1, 0.15) is 6.04 Å². The Morgan fingerprint density at radius 3 is 2.84 bits per heavy atom. The van der Waals surface area contributed by atoms with Crippen LogP contribution in [0.2, 0.25) is 0 Å². The maximum absolute atomic E-state index is 13.1. The highest BCUT2D eigenvalue weighted by atomic mass is 16.5. The quantitative estimate of drug-likeness (QED) is 0.692. The van der Waals surface area contributed by atoms with Crippen molar-refractivity contribution in [2.45, 2.75) is 63.3 Å². The van der Waals surface area contributed by atoms with Crippen molar-refractivity contribution in [3.05, 3.63) is 34.9 Å². The average molecular weight is 427 g/mol. The summed E-state index contributed by atoms with van der Waals surface area (Å²) >= 11 is 0. The molecule has 3 saturated heterocycles. The van der Waals surface area contributed by atoms with E-state index in [1.54, 1.807) is 4.90 Å². The number of benzene rings is 1. The van der Waals surface area contributed by atoms with Gasteiger partial charge in [-0.2, -0.15) is 0 Å². The van der Waals surface area contributed by atoms with E-state index >= 15 is 0 Å². The van der Waals surface area contributed by atoms with E-state index in [-0.39, 0.29) is 24.1 Å². The molecule has 8 nitrogen and oxygen atoms in total. The predicted molar refractivity (Wildman–Crippen MR) is 113 cm³/mol. The number of carbonyl (C=O) groups is 3. The minimum Gasteiger partial charge on any atom is -0.378 e. The van der Waals surface area contributed by atoms with E-state index in [9.17, 15) is 14.4 Å². The number of piperidine rings is 2. The number of nitrogens with one attached hydrogen (secondary N) is 2. The van der Waals surface area contributed by atoms with E-state index < -0.39 is 6.04 Å². The van der Waals surface area contributed by atoms with E-state index in [4.69, 9.17) is 4.74 Å². The molecular weight excluding hydrogens is 396 g/mol. The van der Waals surface area contributed by atoms with Crippen molar-refractivity contribution < 1.29 is 19.1 Å². The minimum atomic E-state index is -0.576. The topological polar surface area (TPSA) is 91.0 Å². The van der Waals surface area contributed by atoms with Gasteiger partial charge in [-0.05, 0) is 43.0 Å². The summed E-state index contributed by atoms with van der Waals surface area (Å²) < 4.78 is 5.81. The lowest BCUT2D eigenvalue weighted by molar-refractivity contribution is -0.136. The first-order valence-electron chi connectivity index (χ1n) is 11.4. The fourth-order valence-electron chi connectivity index (χ4n) is 5.45. The van der Waals surface area contributed by atoms with Crippen LogP contribution in [0.15, 0.2) is 18.2 Å². The van der Waals surface area contributed by atoms with Crippen LogP contribution in [0.25, 0.3) is 0 Å². The maximum Gasteiger partial charge on any atom is 0.255 e. The van der Waals surface area contributed by atoms with Crippen LogP contribution in [0, 0.1) is 0 Å². The number of hydrogen-bond donors (Lipinski definition) is 2. The molecule has 0 saturated carbocycles. The first-order valence-corrected chi connectivity index (χ1v) is 11.4. The molecule has 0 aromatic heterocycles. The monoisotopic (exact) mass is 426 g/mol. The highest BCUT2D eigenvalue weighted by Gasteiger charge is 2.40. The zero-order valence-corrected chi connectivity index (χ0v) is 17.8. The number of imide groups is 1. The number of rotatable bonds is 4. The lowest BCUT2D eigenvalue weighted by atomic mass is 9.95. The van der Waals surface area contributed by atoms with Gasteiger partial charge in [-0.15, -0.1) is 0 Å². The summed E-state index contributed by atoms with van der Waals surface area (Å²) in [5.74, 6) is -0.741. The van der Waals surface area contributed by atoms with E-state index in [2.05, 4.69) is 21.6 Å². The number of nitrogens with zero attached hydrogens (tertiary/aromatic N) is 2. The van der Waals surface area contributed by atoms with Crippen LogP contribution < -0.4 is 10.6 Å². The third-order valence-corrected chi connectivity index (χ3v) is 7.15. The largest absolute Gasteiger partial charge is 0.378 e. The van der Waals surface area contributed by atoms with Gasteiger partial charge in [-0.25, -0.2) is 0 Å². The lowest BCUT2D eigenvalue weighted by Crippen LogP contribution is -2.56. The molecule has 3 atom stereocenters. The summed E-state index contributed by atoms with van der Waals surface area (Å²) in [7, 11) is 0. The molecule has 4 heterocycles. The Bertz CT molecular complexity index is 882. The fourth-order valence-corrected chi connectivity index (χ4v) is 5.45. The van der Waals surface area contributed by atoms with Crippen molar-refractivity contribution in [1.82, 2.24) is 20.4 Å². The van der Waals surface area contributed by atoms with Crippen molar-refractivity contribution in [3.63, 3.8) is 0 Å². The number of hydrogen-bond acceptors (Lipinski definition) is 6. The molecule has 4 aliphatic heterocycles. The van der Waals surface area contributed by atoms with Crippen LogP contribution in [-0.2, 0) is 27.4 Å². The van der Waals surface area contributed by atoms with E-state index in [1.165, 1.54) is 19.3 Å². The summed E-state index contributed by atoms with van der Waals surface area (Å²) in [6.07, 6.45) is 4.30. The zero-order chi connectivity index (χ0) is 21.4. The fraction of sp³-hybridized carbons (Fsp3) is 0.609. The second-order valence-electron chi connectivity index (χ2n) is 9.01. The molecule has 0 spiro atoms. The Morgan fingerprint density at radius 2 is 2.03 bits per heavy atom. The van der Waals surface area contributed by atoms with Gasteiger partial charge in [0.05, 0.1) is 13.2 Å². The average Bonchev–Trinajstić information content (AvgIpc) is 3.12. The number of morpholine rings is 1. The molecule has 0 bridgehead atoms. The molecule has 1 aromatic rings. The zero-order valence-electron chi connectivity index (χ0n) is 17.8. The van der Waals surface area contributed by atoms with Crippen molar-refractivity contribution in [1.29, 1.82) is 0 Å². The summed E-state index contributed by atoms with van der Waals surface area (Å²) in [6.45, 7) is 4.58. The molecule has 1 aromatic carbocycles. The molecule has 31 heavy (non-hydrogen) atoms. The molecule has 3 fully saturated rings. The van der Waals surface area contributed by atoms with Gasteiger partial charge in [-0.3, -0.25) is 24.6 Å². The standard InChI is InChI=1S/C23H30N4O4/c28-21-8-7-19(22(29)25-21)27-13-17-15(4-3-5-16(17)23(27)30)12-26-10-11-31-14-20(26)18-6-1-2-9-24-18/h3-5,18-20,24H,1-2,6-14H2,(H,25,28,29). The van der Waals surface area contributed by atoms with Crippen LogP contribution >= 0.6 is 0 Å². The second-order valence-corrected chi connectivity index (χ2v) is 9.01. The lowest BCUT2D eigenvalue weighted by Gasteiger charge is -2.42. The second kappa shape index (κ2) is 8.68. The van der Waals surface area contributed by atoms with Gasteiger partial charge >= 0.3 is 0 Å². The summed E-state index contributed by atoms with van der Waals surface area (Å²) in [6, 6.07) is 6.08. The van der Waals surface area contributed by atoms with Gasteiger partial charge in [0.25, 0.3) is 5.91 Å². The van der Waals surface area contributed by atoms with E-state index in [0.717, 1.165) is 44.0 Å². The molecule has 4 aliphatic rings. The van der Waals surface area contributed by atoms with Gasteiger partial charge in [0.15, 0.2) is 0 Å². The van der Waals surface area contributed by atoms with Gasteiger partial charge in [-0.1, -0.05) is 18.6 Å². The van der Waals surface area contributed by atoms with E-state index in [0.29, 0.717) is 30.6 Å². The van der Waals surface area contributed by atoms with Gasteiger partial charge < -0.3 is 15.0 Å². The normalized spacial score (nSPS) is 29.7. The third-order valence-electron chi connectivity index (χ3n) is 7.15. The van der Waals surface area contributed by atoms with Gasteiger partial charge in [0, 0.05) is 43.7 Å². The molecule has 5 rings (SSSR count). The smallest absolute Gasteiger partial charge is 0.255 e. The maximum atomic E-state index is 13.1. The number of fused-ring (bicyclic) bond motifs is 1. The highest BCUT2D eigenvalue weighted by Crippen LogP contribution is 2.31. The summed E-state index contributed by atoms with van der Waals surface area (Å²) in [5.41, 5.74) is 2.84. The van der Waals surface area contributed by atoms with Crippen LogP contribution in [-0.4, -0.2) is 72.0 Å². The number of carbonyl (C=O) groups excluding carboxylic acids is 3. The Hall–Kier alpha value is -2.29. The Morgan fingerprint density at radius 1 is 1.13 bits per heavy atom. The highest BCUT2D eigenvalue weighted by molar-refractivity contribution is 6.05. The molecular formula is C23H30N4O4. The Balaban J connectivity index is 1.35. The van der Waals surface area contributed by atoms with Crippen molar-refractivity contribution in [2.75, 3.05) is 26.3 Å². The summed E-state index contributed by atoms with van der Waals surface area (Å²) in [5, 5.41) is 6.04. The van der Waals surface area contributed by atoms with Crippen LogP contribution in [0.1, 0.15) is 53.6 Å². The molecule has 2 N–H and O–H groups in total. The molecule has 3 amide bonds. The number of ether oxygens (including phenoxy) is 1. The van der Waals surface area contributed by atoms with Crippen molar-refractivity contribution in [2.24, 2.45) is 0 Å².